The van der Waals surface area contributed by atoms with Gasteiger partial charge in [-0.25, -0.2) is 5.01 Å². The van der Waals surface area contributed by atoms with Gasteiger partial charge in [-0.05, 0) is 19.8 Å². The van der Waals surface area contributed by atoms with Crippen molar-refractivity contribution in [3.63, 3.8) is 0 Å². The van der Waals surface area contributed by atoms with E-state index in [9.17, 15) is 4.79 Å². The van der Waals surface area contributed by atoms with E-state index in [1.54, 1.807) is 11.9 Å². The third-order valence-electron chi connectivity index (χ3n) is 2.05. The van der Waals surface area contributed by atoms with Crippen molar-refractivity contribution >= 4 is 5.91 Å². The minimum Gasteiger partial charge on any atom is -0.275 e. The second-order valence-corrected chi connectivity index (χ2v) is 3.56. The lowest BCUT2D eigenvalue weighted by Gasteiger charge is -2.31. The summed E-state index contributed by atoms with van der Waals surface area (Å²) < 4.78 is 0. The van der Waals surface area contributed by atoms with Gasteiger partial charge in [0.1, 0.15) is 0 Å². The van der Waals surface area contributed by atoms with E-state index in [4.69, 9.17) is 0 Å². The van der Waals surface area contributed by atoms with Crippen LogP contribution in [0.4, 0.5) is 0 Å². The number of rotatable bonds is 6. The Labute approximate surface area is 87.4 Å². The fourth-order valence-corrected chi connectivity index (χ4v) is 1.33. The molecule has 82 valence electrons. The summed E-state index contributed by atoms with van der Waals surface area (Å²) in [5.74, 6) is 0.00639. The minimum atomic E-state index is 0.00639. The number of amides is 1. The van der Waals surface area contributed by atoms with Gasteiger partial charge in [0.2, 0.25) is 0 Å². The van der Waals surface area contributed by atoms with Crippen molar-refractivity contribution in [3.8, 4) is 0 Å². The molecule has 0 aromatic carbocycles. The van der Waals surface area contributed by atoms with Crippen LogP contribution < -0.4 is 0 Å². The van der Waals surface area contributed by atoms with Crippen LogP contribution in [0.15, 0.2) is 12.2 Å². The predicted molar refractivity (Wildman–Crippen MR) is 59.7 cm³/mol. The maximum atomic E-state index is 11.6. The fraction of sp³-hybridized carbons (Fsp3) is 0.727. The molecule has 3 nitrogen and oxygen atoms in total. The molecule has 0 aromatic rings. The zero-order chi connectivity index (χ0) is 11.1. The highest BCUT2D eigenvalue weighted by molar-refractivity contribution is 5.91. The Balaban J connectivity index is 4.33. The van der Waals surface area contributed by atoms with Crippen molar-refractivity contribution in [2.24, 2.45) is 0 Å². The number of carbonyl (C=O) groups excluding carboxylic acids is 1. The molecule has 0 N–H and O–H groups in total. The molecular weight excluding hydrogens is 176 g/mol. The summed E-state index contributed by atoms with van der Waals surface area (Å²) >= 11 is 0. The fourth-order valence-electron chi connectivity index (χ4n) is 1.33. The molecule has 0 unspecified atom stereocenters. The molecule has 3 heteroatoms. The Morgan fingerprint density at radius 2 is 1.64 bits per heavy atom. The van der Waals surface area contributed by atoms with Crippen LogP contribution in [0.5, 0.6) is 0 Å². The molecule has 0 fully saturated rings. The van der Waals surface area contributed by atoms with Crippen molar-refractivity contribution in [2.75, 3.05) is 20.1 Å². The van der Waals surface area contributed by atoms with Gasteiger partial charge in [0.25, 0.3) is 5.91 Å². The number of nitrogens with zero attached hydrogens (tertiary/aromatic N) is 2. The molecule has 0 radical (unpaired) electrons. The highest BCUT2D eigenvalue weighted by Crippen LogP contribution is 2.03. The van der Waals surface area contributed by atoms with Gasteiger partial charge in [-0.15, -0.1) is 0 Å². The maximum absolute atomic E-state index is 11.6. The molecule has 0 aromatic heterocycles. The summed E-state index contributed by atoms with van der Waals surface area (Å²) in [4.78, 5) is 11.6. The summed E-state index contributed by atoms with van der Waals surface area (Å²) in [6, 6.07) is 0. The van der Waals surface area contributed by atoms with E-state index in [1.165, 1.54) is 0 Å². The van der Waals surface area contributed by atoms with E-state index in [0.29, 0.717) is 5.57 Å². The van der Waals surface area contributed by atoms with Crippen molar-refractivity contribution in [2.45, 2.75) is 33.6 Å². The lowest BCUT2D eigenvalue weighted by Crippen LogP contribution is -2.44. The molecule has 0 atom stereocenters. The Morgan fingerprint density at radius 1 is 1.21 bits per heavy atom. The Hall–Kier alpha value is -0.830. The molecule has 0 aliphatic heterocycles. The third kappa shape index (κ3) is 3.92. The number of hydrogen-bond acceptors (Lipinski definition) is 2. The highest BCUT2D eigenvalue weighted by atomic mass is 16.2. The first-order valence-corrected chi connectivity index (χ1v) is 5.23. The first-order chi connectivity index (χ1) is 6.54. The molecule has 0 saturated heterocycles. The van der Waals surface area contributed by atoms with Crippen molar-refractivity contribution in [1.29, 1.82) is 0 Å². The number of likely N-dealkylation sites (N-methyl/N-ethyl adjacent to an activating group) is 1. The van der Waals surface area contributed by atoms with Crippen LogP contribution in [0.3, 0.4) is 0 Å². The summed E-state index contributed by atoms with van der Waals surface area (Å²) in [5, 5.41) is 3.74. The zero-order valence-electron chi connectivity index (χ0n) is 9.84. The Morgan fingerprint density at radius 3 is 1.93 bits per heavy atom. The molecule has 0 saturated carbocycles. The van der Waals surface area contributed by atoms with Crippen molar-refractivity contribution in [3.05, 3.63) is 12.2 Å². The lowest BCUT2D eigenvalue weighted by molar-refractivity contribution is -0.141. The van der Waals surface area contributed by atoms with Gasteiger partial charge in [0.05, 0.1) is 0 Å². The van der Waals surface area contributed by atoms with E-state index in [2.05, 4.69) is 25.4 Å². The van der Waals surface area contributed by atoms with Gasteiger partial charge in [-0.3, -0.25) is 9.80 Å². The first-order valence-electron chi connectivity index (χ1n) is 5.23. The lowest BCUT2D eigenvalue weighted by atomic mass is 10.3. The van der Waals surface area contributed by atoms with Crippen LogP contribution >= 0.6 is 0 Å². The van der Waals surface area contributed by atoms with Crippen LogP contribution in [0.2, 0.25) is 0 Å². The van der Waals surface area contributed by atoms with Crippen LogP contribution in [0.1, 0.15) is 33.6 Å². The average Bonchev–Trinajstić information content (AvgIpc) is 2.15. The quantitative estimate of drug-likeness (QED) is 0.482. The summed E-state index contributed by atoms with van der Waals surface area (Å²) in [7, 11) is 1.81. The van der Waals surface area contributed by atoms with Crippen LogP contribution in [0, 0.1) is 0 Å². The molecule has 1 amide bonds. The topological polar surface area (TPSA) is 23.6 Å². The summed E-state index contributed by atoms with van der Waals surface area (Å²) in [6.45, 7) is 11.5. The van der Waals surface area contributed by atoms with E-state index in [0.717, 1.165) is 25.9 Å². The van der Waals surface area contributed by atoms with Gasteiger partial charge < -0.3 is 0 Å². The Bertz CT molecular complexity index is 195. The summed E-state index contributed by atoms with van der Waals surface area (Å²) in [5.41, 5.74) is 0.588. The zero-order valence-corrected chi connectivity index (χ0v) is 9.84. The van der Waals surface area contributed by atoms with E-state index >= 15 is 0 Å². The molecular formula is C11H22N2O. The second kappa shape index (κ2) is 6.60. The Kier molecular flexibility index (Phi) is 6.21. The summed E-state index contributed by atoms with van der Waals surface area (Å²) in [6.07, 6.45) is 2.10. The van der Waals surface area contributed by atoms with E-state index in [1.807, 2.05) is 7.05 Å². The first kappa shape index (κ1) is 13.2. The number of hydrazine groups is 1. The monoisotopic (exact) mass is 198 g/mol. The van der Waals surface area contributed by atoms with Crippen LogP contribution in [-0.4, -0.2) is 36.1 Å². The number of carbonyl (C=O) groups is 1. The molecule has 0 heterocycles. The predicted octanol–water partition coefficient (Wildman–Crippen LogP) is 2.06. The van der Waals surface area contributed by atoms with Gasteiger partial charge in [0, 0.05) is 25.7 Å². The van der Waals surface area contributed by atoms with E-state index in [-0.39, 0.29) is 5.91 Å². The second-order valence-electron chi connectivity index (χ2n) is 3.56. The van der Waals surface area contributed by atoms with Crippen LogP contribution in [-0.2, 0) is 4.79 Å². The molecule has 0 spiro atoms. The molecule has 0 aliphatic rings. The smallest absolute Gasteiger partial charge is 0.262 e. The largest absolute Gasteiger partial charge is 0.275 e. The highest BCUT2D eigenvalue weighted by Gasteiger charge is 2.15. The number of hydrogen-bond donors (Lipinski definition) is 0. The maximum Gasteiger partial charge on any atom is 0.262 e. The standard InChI is InChI=1S/C11H22N2O/c1-6-8-13(9-7-2)12(5)11(14)10(3)4/h3,6-9H2,1-2,4-5H3. The minimum absolute atomic E-state index is 0.00639. The molecule has 0 aliphatic carbocycles. The van der Waals surface area contributed by atoms with Crippen molar-refractivity contribution in [1.82, 2.24) is 10.0 Å². The molecule has 0 rings (SSSR count). The van der Waals surface area contributed by atoms with Gasteiger partial charge in [-0.2, -0.15) is 0 Å². The average molecular weight is 198 g/mol. The van der Waals surface area contributed by atoms with Gasteiger partial charge >= 0.3 is 0 Å². The third-order valence-corrected chi connectivity index (χ3v) is 2.05. The normalized spacial score (nSPS) is 10.4. The van der Waals surface area contributed by atoms with E-state index < -0.39 is 0 Å². The SMILES string of the molecule is C=C(C)C(=O)N(C)N(CCC)CCC. The molecule has 0 bridgehead atoms. The van der Waals surface area contributed by atoms with Gasteiger partial charge in [0.15, 0.2) is 0 Å². The van der Waals surface area contributed by atoms with Crippen LogP contribution in [0.25, 0.3) is 0 Å². The van der Waals surface area contributed by atoms with Crippen molar-refractivity contribution < 1.29 is 4.79 Å². The van der Waals surface area contributed by atoms with Gasteiger partial charge in [-0.1, -0.05) is 20.4 Å². The molecule has 14 heavy (non-hydrogen) atoms.